The van der Waals surface area contributed by atoms with Crippen molar-refractivity contribution >= 4 is 17.3 Å². The van der Waals surface area contributed by atoms with Gasteiger partial charge in [-0.2, -0.15) is 4.98 Å². The lowest BCUT2D eigenvalue weighted by Crippen LogP contribution is -1.92. The number of benzene rings is 1. The van der Waals surface area contributed by atoms with Crippen LogP contribution in [0.15, 0.2) is 22.7 Å². The minimum Gasteiger partial charge on any atom is -0.399 e. The van der Waals surface area contributed by atoms with Gasteiger partial charge in [-0.25, -0.2) is 0 Å². The van der Waals surface area contributed by atoms with Crippen molar-refractivity contribution in [2.45, 2.75) is 26.2 Å². The molecule has 1 heterocycles. The second-order valence-electron chi connectivity index (χ2n) is 5.44. The van der Waals surface area contributed by atoms with Gasteiger partial charge < -0.3 is 10.3 Å². The summed E-state index contributed by atoms with van der Waals surface area (Å²) in [5, 5.41) is 4.57. The smallest absolute Gasteiger partial charge is 0.259 e. The van der Waals surface area contributed by atoms with Crippen LogP contribution in [0.25, 0.3) is 11.5 Å². The molecule has 1 aromatic carbocycles. The van der Waals surface area contributed by atoms with E-state index in [-0.39, 0.29) is 5.41 Å². The molecule has 94 valence electrons. The average molecular weight is 264 g/mol. The molecule has 4 nitrogen and oxygen atoms in total. The van der Waals surface area contributed by atoms with E-state index in [4.69, 9.17) is 21.9 Å². The van der Waals surface area contributed by atoms with E-state index in [1.807, 2.05) is 0 Å². The van der Waals surface area contributed by atoms with E-state index in [1.54, 1.807) is 18.2 Å². The second-order valence-corrected chi connectivity index (χ2v) is 5.85. The number of hydrogen-bond acceptors (Lipinski definition) is 4. The van der Waals surface area contributed by atoms with E-state index >= 15 is 0 Å². The number of halogens is 1. The number of rotatable bonds is 2. The Hall–Kier alpha value is -1.55. The second kappa shape index (κ2) is 3.72. The van der Waals surface area contributed by atoms with Crippen molar-refractivity contribution in [3.8, 4) is 11.5 Å². The summed E-state index contributed by atoms with van der Waals surface area (Å²) in [7, 11) is 0. The zero-order chi connectivity index (χ0) is 12.9. The van der Waals surface area contributed by atoms with Crippen molar-refractivity contribution in [1.82, 2.24) is 10.1 Å². The van der Waals surface area contributed by atoms with Crippen LogP contribution in [-0.2, 0) is 0 Å². The van der Waals surface area contributed by atoms with E-state index < -0.39 is 0 Å². The van der Waals surface area contributed by atoms with E-state index in [1.165, 1.54) is 0 Å². The molecule has 1 fully saturated rings. The first-order valence-corrected chi connectivity index (χ1v) is 6.24. The fraction of sp³-hybridized carbons (Fsp3) is 0.385. The molecule has 18 heavy (non-hydrogen) atoms. The number of nitrogens with zero attached hydrogens (tertiary/aromatic N) is 2. The van der Waals surface area contributed by atoms with E-state index in [0.29, 0.717) is 22.5 Å². The summed E-state index contributed by atoms with van der Waals surface area (Å²) in [6.45, 7) is 4.40. The van der Waals surface area contributed by atoms with Crippen molar-refractivity contribution in [3.05, 3.63) is 29.0 Å². The third-order valence-corrected chi connectivity index (χ3v) is 3.80. The maximum absolute atomic E-state index is 6.12. The summed E-state index contributed by atoms with van der Waals surface area (Å²) >= 11 is 6.12. The molecule has 2 N–H and O–H groups in total. The van der Waals surface area contributed by atoms with Crippen LogP contribution >= 0.6 is 11.6 Å². The van der Waals surface area contributed by atoms with Crippen LogP contribution in [0.3, 0.4) is 0 Å². The lowest BCUT2D eigenvalue weighted by atomic mass is 10.1. The van der Waals surface area contributed by atoms with Gasteiger partial charge in [-0.1, -0.05) is 30.6 Å². The number of nitrogens with two attached hydrogens (primary N) is 1. The molecule has 0 spiro atoms. The standard InChI is InChI=1S/C13H14ClN3O/c1-13(2)6-9(13)11-16-12(18-17-11)8-4-3-7(15)5-10(8)14/h3-5,9H,6,15H2,1-2H3. The Balaban J connectivity index is 1.94. The Labute approximate surface area is 110 Å². The predicted octanol–water partition coefficient (Wildman–Crippen LogP) is 3.49. The van der Waals surface area contributed by atoms with Gasteiger partial charge in [0.25, 0.3) is 5.89 Å². The number of nitrogen functional groups attached to an aromatic ring is 1. The first-order chi connectivity index (χ1) is 8.47. The number of aromatic nitrogens is 2. The Morgan fingerprint density at radius 1 is 1.44 bits per heavy atom. The molecule has 0 aliphatic heterocycles. The van der Waals surface area contributed by atoms with Gasteiger partial charge >= 0.3 is 0 Å². The molecule has 1 aliphatic carbocycles. The molecule has 0 amide bonds. The summed E-state index contributed by atoms with van der Waals surface area (Å²) in [6, 6.07) is 5.25. The minimum atomic E-state index is 0.284. The van der Waals surface area contributed by atoms with Crippen molar-refractivity contribution in [3.63, 3.8) is 0 Å². The number of anilines is 1. The van der Waals surface area contributed by atoms with Crippen molar-refractivity contribution in [1.29, 1.82) is 0 Å². The first kappa shape index (κ1) is 11.5. The fourth-order valence-electron chi connectivity index (χ4n) is 2.10. The molecule has 3 rings (SSSR count). The fourth-order valence-corrected chi connectivity index (χ4v) is 2.37. The lowest BCUT2D eigenvalue weighted by Gasteiger charge is -1.99. The number of hydrogen-bond donors (Lipinski definition) is 1. The normalized spacial score (nSPS) is 20.9. The first-order valence-electron chi connectivity index (χ1n) is 5.86. The maximum Gasteiger partial charge on any atom is 0.259 e. The average Bonchev–Trinajstić information content (AvgIpc) is 2.74. The Kier molecular flexibility index (Phi) is 2.38. The monoisotopic (exact) mass is 263 g/mol. The highest BCUT2D eigenvalue weighted by Gasteiger charge is 2.49. The molecule has 1 aromatic heterocycles. The topological polar surface area (TPSA) is 64.9 Å². The van der Waals surface area contributed by atoms with Crippen LogP contribution in [0.2, 0.25) is 5.02 Å². The van der Waals surface area contributed by atoms with Crippen LogP contribution in [-0.4, -0.2) is 10.1 Å². The Morgan fingerprint density at radius 3 is 2.78 bits per heavy atom. The maximum atomic E-state index is 6.12. The van der Waals surface area contributed by atoms with Gasteiger partial charge in [0.05, 0.1) is 10.6 Å². The summed E-state index contributed by atoms with van der Waals surface area (Å²) < 4.78 is 5.28. The molecule has 5 heteroatoms. The van der Waals surface area contributed by atoms with Crippen LogP contribution in [0.5, 0.6) is 0 Å². The molecule has 0 radical (unpaired) electrons. The van der Waals surface area contributed by atoms with E-state index in [0.717, 1.165) is 17.8 Å². The molecule has 0 saturated heterocycles. The highest BCUT2D eigenvalue weighted by Crippen LogP contribution is 2.57. The van der Waals surface area contributed by atoms with Gasteiger partial charge in [-0.3, -0.25) is 0 Å². The van der Waals surface area contributed by atoms with Crippen molar-refractivity contribution < 1.29 is 4.52 Å². The molecule has 1 saturated carbocycles. The molecule has 1 unspecified atom stereocenters. The van der Waals surface area contributed by atoms with Gasteiger partial charge in [0.15, 0.2) is 5.82 Å². The molecular weight excluding hydrogens is 250 g/mol. The summed E-state index contributed by atoms with van der Waals surface area (Å²) in [4.78, 5) is 4.43. The Morgan fingerprint density at radius 2 is 2.17 bits per heavy atom. The minimum absolute atomic E-state index is 0.284. The lowest BCUT2D eigenvalue weighted by molar-refractivity contribution is 0.419. The van der Waals surface area contributed by atoms with Gasteiger partial charge in [0, 0.05) is 11.6 Å². The van der Waals surface area contributed by atoms with Crippen molar-refractivity contribution in [2.75, 3.05) is 5.73 Å². The van der Waals surface area contributed by atoms with E-state index in [2.05, 4.69) is 24.0 Å². The Bertz CT molecular complexity index is 606. The summed E-state index contributed by atoms with van der Waals surface area (Å²) in [5.41, 5.74) is 7.28. The highest BCUT2D eigenvalue weighted by atomic mass is 35.5. The van der Waals surface area contributed by atoms with Crippen LogP contribution in [0.1, 0.15) is 32.0 Å². The largest absolute Gasteiger partial charge is 0.399 e. The molecular formula is C13H14ClN3O. The van der Waals surface area contributed by atoms with Gasteiger partial charge in [0.2, 0.25) is 0 Å². The van der Waals surface area contributed by atoms with Gasteiger partial charge in [0.1, 0.15) is 0 Å². The SMILES string of the molecule is CC1(C)CC1c1noc(-c2ccc(N)cc2Cl)n1. The zero-order valence-electron chi connectivity index (χ0n) is 10.3. The molecule has 0 bridgehead atoms. The third kappa shape index (κ3) is 1.86. The summed E-state index contributed by atoms with van der Waals surface area (Å²) in [5.74, 6) is 1.61. The summed E-state index contributed by atoms with van der Waals surface area (Å²) in [6.07, 6.45) is 1.10. The van der Waals surface area contributed by atoms with Crippen molar-refractivity contribution in [2.24, 2.45) is 5.41 Å². The van der Waals surface area contributed by atoms with Crippen LogP contribution in [0.4, 0.5) is 5.69 Å². The third-order valence-electron chi connectivity index (χ3n) is 3.49. The van der Waals surface area contributed by atoms with Gasteiger partial charge in [-0.05, 0) is 30.0 Å². The molecule has 2 aromatic rings. The van der Waals surface area contributed by atoms with Crippen LogP contribution < -0.4 is 5.73 Å². The van der Waals surface area contributed by atoms with Crippen LogP contribution in [0, 0.1) is 5.41 Å². The van der Waals surface area contributed by atoms with Gasteiger partial charge in [-0.15, -0.1) is 0 Å². The highest BCUT2D eigenvalue weighted by molar-refractivity contribution is 6.33. The van der Waals surface area contributed by atoms with E-state index in [9.17, 15) is 0 Å². The molecule has 1 aliphatic rings. The quantitative estimate of drug-likeness (QED) is 0.843. The molecule has 1 atom stereocenters. The zero-order valence-corrected chi connectivity index (χ0v) is 11.0. The predicted molar refractivity (Wildman–Crippen MR) is 70.3 cm³/mol.